The van der Waals surface area contributed by atoms with Crippen LogP contribution in [0.25, 0.3) is 10.8 Å². The van der Waals surface area contributed by atoms with E-state index in [1.165, 1.54) is 33.0 Å². The van der Waals surface area contributed by atoms with E-state index in [0.717, 1.165) is 24.8 Å². The van der Waals surface area contributed by atoms with Crippen LogP contribution in [-0.4, -0.2) is 5.91 Å². The van der Waals surface area contributed by atoms with Crippen LogP contribution in [0.5, 0.6) is 0 Å². The second-order valence-electron chi connectivity index (χ2n) is 8.05. The van der Waals surface area contributed by atoms with Gasteiger partial charge in [0.1, 0.15) is 0 Å². The normalized spacial score (nSPS) is 13.3. The molecule has 30 heavy (non-hydrogen) atoms. The number of hydrogen-bond acceptors (Lipinski definition) is 1. The van der Waals surface area contributed by atoms with Gasteiger partial charge >= 0.3 is 0 Å². The van der Waals surface area contributed by atoms with Gasteiger partial charge in [-0.1, -0.05) is 91.0 Å². The summed E-state index contributed by atoms with van der Waals surface area (Å²) in [7, 11) is 0. The van der Waals surface area contributed by atoms with Gasteiger partial charge in [0.25, 0.3) is 0 Å². The van der Waals surface area contributed by atoms with Gasteiger partial charge in [0.15, 0.2) is 0 Å². The van der Waals surface area contributed by atoms with Crippen molar-refractivity contribution in [2.24, 2.45) is 0 Å². The number of amides is 1. The summed E-state index contributed by atoms with van der Waals surface area (Å²) in [6.07, 6.45) is 3.44. The maximum Gasteiger partial charge on any atom is 0.221 e. The topological polar surface area (TPSA) is 29.1 Å². The highest BCUT2D eigenvalue weighted by molar-refractivity contribution is 5.94. The zero-order valence-corrected chi connectivity index (χ0v) is 17.0. The van der Waals surface area contributed by atoms with Crippen molar-refractivity contribution >= 4 is 16.7 Å². The molecule has 1 aliphatic rings. The van der Waals surface area contributed by atoms with Crippen molar-refractivity contribution in [1.29, 1.82) is 0 Å². The van der Waals surface area contributed by atoms with Gasteiger partial charge in [0, 0.05) is 6.42 Å². The second-order valence-corrected chi connectivity index (χ2v) is 8.05. The van der Waals surface area contributed by atoms with Gasteiger partial charge in [-0.25, -0.2) is 0 Å². The highest BCUT2D eigenvalue weighted by Crippen LogP contribution is 2.36. The van der Waals surface area contributed by atoms with E-state index >= 15 is 0 Å². The van der Waals surface area contributed by atoms with Crippen LogP contribution in [0.3, 0.4) is 0 Å². The van der Waals surface area contributed by atoms with Crippen molar-refractivity contribution in [3.63, 3.8) is 0 Å². The van der Waals surface area contributed by atoms with Crippen molar-refractivity contribution < 1.29 is 4.79 Å². The summed E-state index contributed by atoms with van der Waals surface area (Å²) in [6, 6.07) is 31.4. The minimum absolute atomic E-state index is 0.0796. The lowest BCUT2D eigenvalue weighted by atomic mass is 9.91. The smallest absolute Gasteiger partial charge is 0.221 e. The van der Waals surface area contributed by atoms with Crippen molar-refractivity contribution in [2.45, 2.75) is 31.7 Å². The fourth-order valence-electron chi connectivity index (χ4n) is 4.64. The number of rotatable bonds is 6. The number of carbonyl (C=O) groups excluding carboxylic acids is 1. The van der Waals surface area contributed by atoms with E-state index in [1.807, 2.05) is 36.4 Å². The summed E-state index contributed by atoms with van der Waals surface area (Å²) in [4.78, 5) is 12.9. The molecule has 1 aliphatic carbocycles. The largest absolute Gasteiger partial charge is 0.345 e. The van der Waals surface area contributed by atoms with Gasteiger partial charge in [-0.05, 0) is 57.9 Å². The van der Waals surface area contributed by atoms with E-state index in [-0.39, 0.29) is 11.9 Å². The van der Waals surface area contributed by atoms with Gasteiger partial charge in [-0.15, -0.1) is 0 Å². The van der Waals surface area contributed by atoms with Crippen molar-refractivity contribution in [3.8, 4) is 0 Å². The Morgan fingerprint density at radius 1 is 0.767 bits per heavy atom. The summed E-state index contributed by atoms with van der Waals surface area (Å²) >= 11 is 0. The lowest BCUT2D eigenvalue weighted by molar-refractivity contribution is -0.121. The molecule has 0 fully saturated rings. The Morgan fingerprint density at radius 2 is 1.47 bits per heavy atom. The van der Waals surface area contributed by atoms with Crippen LogP contribution in [0.4, 0.5) is 0 Å². The van der Waals surface area contributed by atoms with Crippen molar-refractivity contribution in [2.75, 3.05) is 0 Å². The van der Waals surface area contributed by atoms with Gasteiger partial charge in [0.2, 0.25) is 5.91 Å². The Hall–Kier alpha value is -3.39. The minimum atomic E-state index is -0.153. The summed E-state index contributed by atoms with van der Waals surface area (Å²) in [5.41, 5.74) is 6.33. The van der Waals surface area contributed by atoms with E-state index in [0.29, 0.717) is 6.42 Å². The zero-order valence-electron chi connectivity index (χ0n) is 17.0. The molecule has 148 valence electrons. The third kappa shape index (κ3) is 3.61. The van der Waals surface area contributed by atoms with Crippen LogP contribution in [0.15, 0.2) is 91.0 Å². The molecule has 0 aromatic heterocycles. The fraction of sp³-hybridized carbons (Fsp3) is 0.179. The highest BCUT2D eigenvalue weighted by Gasteiger charge is 2.22. The standard InChI is InChI=1S/C28H25NO/c30-26(19-14-20-8-3-1-4-9-20)29-28(23-10-5-2-6-11-23)25-18-17-22-16-15-21-12-7-13-24(25)27(21)22/h1-13,17-18,28H,14-16,19H2,(H,29,30)/t28-/m0/s1. The van der Waals surface area contributed by atoms with Crippen LogP contribution in [0, 0.1) is 0 Å². The molecule has 1 atom stereocenters. The monoisotopic (exact) mass is 391 g/mol. The molecule has 0 saturated heterocycles. The molecule has 1 N–H and O–H groups in total. The first kappa shape index (κ1) is 18.6. The van der Waals surface area contributed by atoms with E-state index < -0.39 is 0 Å². The van der Waals surface area contributed by atoms with Crippen LogP contribution >= 0.6 is 0 Å². The first-order chi connectivity index (χ1) is 14.8. The molecular formula is C28H25NO. The maximum absolute atomic E-state index is 12.9. The second kappa shape index (κ2) is 8.16. The molecule has 1 amide bonds. The Kier molecular flexibility index (Phi) is 5.06. The molecule has 0 heterocycles. The molecule has 0 aliphatic heterocycles. The van der Waals surface area contributed by atoms with Gasteiger partial charge in [0.05, 0.1) is 6.04 Å². The molecule has 0 unspecified atom stereocenters. The average Bonchev–Trinajstić information content (AvgIpc) is 3.23. The maximum atomic E-state index is 12.9. The summed E-state index contributed by atoms with van der Waals surface area (Å²) in [5.74, 6) is 0.0796. The Labute approximate surface area is 177 Å². The van der Waals surface area contributed by atoms with Crippen LogP contribution in [0.2, 0.25) is 0 Å². The van der Waals surface area contributed by atoms with E-state index in [9.17, 15) is 4.79 Å². The number of aryl methyl sites for hydroxylation is 3. The van der Waals surface area contributed by atoms with Crippen LogP contribution < -0.4 is 5.32 Å². The Morgan fingerprint density at radius 3 is 2.23 bits per heavy atom. The van der Waals surface area contributed by atoms with E-state index in [1.54, 1.807) is 0 Å². The number of benzene rings is 4. The van der Waals surface area contributed by atoms with Crippen molar-refractivity contribution in [1.82, 2.24) is 5.32 Å². The lowest BCUT2D eigenvalue weighted by Crippen LogP contribution is -2.29. The van der Waals surface area contributed by atoms with Crippen LogP contribution in [0.1, 0.15) is 40.3 Å². The third-order valence-electron chi connectivity index (χ3n) is 6.14. The van der Waals surface area contributed by atoms with Gasteiger partial charge in [-0.2, -0.15) is 0 Å². The molecule has 4 aromatic rings. The first-order valence-corrected chi connectivity index (χ1v) is 10.7. The van der Waals surface area contributed by atoms with E-state index in [4.69, 9.17) is 0 Å². The Balaban J connectivity index is 1.48. The lowest BCUT2D eigenvalue weighted by Gasteiger charge is -2.22. The molecule has 0 spiro atoms. The highest BCUT2D eigenvalue weighted by atomic mass is 16.1. The van der Waals surface area contributed by atoms with Gasteiger partial charge < -0.3 is 5.32 Å². The molecule has 4 aromatic carbocycles. The van der Waals surface area contributed by atoms with E-state index in [2.05, 4.69) is 59.9 Å². The Bertz CT molecular complexity index is 1170. The summed E-state index contributed by atoms with van der Waals surface area (Å²) < 4.78 is 0. The molecular weight excluding hydrogens is 366 g/mol. The molecule has 5 rings (SSSR count). The SMILES string of the molecule is O=C(CCc1ccccc1)N[C@@H](c1ccccc1)c1ccc2c3c(cccc13)CC2. The number of nitrogens with one attached hydrogen (secondary N) is 1. The molecule has 0 saturated carbocycles. The third-order valence-corrected chi connectivity index (χ3v) is 6.14. The minimum Gasteiger partial charge on any atom is -0.345 e. The number of hydrogen-bond donors (Lipinski definition) is 1. The predicted molar refractivity (Wildman–Crippen MR) is 123 cm³/mol. The molecule has 0 bridgehead atoms. The zero-order chi connectivity index (χ0) is 20.3. The summed E-state index contributed by atoms with van der Waals surface area (Å²) in [6.45, 7) is 0. The van der Waals surface area contributed by atoms with Crippen molar-refractivity contribution in [3.05, 3.63) is 119 Å². The van der Waals surface area contributed by atoms with Crippen LogP contribution in [-0.2, 0) is 24.1 Å². The summed E-state index contributed by atoms with van der Waals surface area (Å²) in [5, 5.41) is 5.98. The van der Waals surface area contributed by atoms with Gasteiger partial charge in [-0.3, -0.25) is 4.79 Å². The quantitative estimate of drug-likeness (QED) is 0.444. The molecule has 0 radical (unpaired) electrons. The predicted octanol–water partition coefficient (Wildman–Crippen LogP) is 5.78. The molecule has 2 heteroatoms. The number of carbonyl (C=O) groups is 1. The molecule has 2 nitrogen and oxygen atoms in total. The average molecular weight is 392 g/mol. The fourth-order valence-corrected chi connectivity index (χ4v) is 4.64. The first-order valence-electron chi connectivity index (χ1n) is 10.7.